The summed E-state index contributed by atoms with van der Waals surface area (Å²) in [7, 11) is -1.54. The molecule has 0 aromatic carbocycles. The highest BCUT2D eigenvalue weighted by Crippen LogP contribution is 2.49. The van der Waals surface area contributed by atoms with Crippen LogP contribution in [0.25, 0.3) is 0 Å². The van der Waals surface area contributed by atoms with Crippen molar-refractivity contribution in [2.75, 3.05) is 6.61 Å². The van der Waals surface area contributed by atoms with Gasteiger partial charge in [-0.25, -0.2) is 9.46 Å². The number of aromatic amines is 1. The van der Waals surface area contributed by atoms with Gasteiger partial charge in [0, 0.05) is 38.9 Å². The van der Waals surface area contributed by atoms with Crippen LogP contribution in [0.3, 0.4) is 0 Å². The van der Waals surface area contributed by atoms with E-state index in [1.54, 1.807) is 0 Å². The Morgan fingerprint density at radius 1 is 1.31 bits per heavy atom. The van der Waals surface area contributed by atoms with E-state index < -0.39 is 38.2 Å². The molecule has 0 spiro atoms. The molecule has 1 fully saturated rings. The quantitative estimate of drug-likeness (QED) is 0.253. The van der Waals surface area contributed by atoms with Crippen molar-refractivity contribution in [1.29, 1.82) is 5.26 Å². The van der Waals surface area contributed by atoms with Crippen molar-refractivity contribution in [3.63, 3.8) is 0 Å². The molecule has 1 saturated heterocycles. The third-order valence-electron chi connectivity index (χ3n) is 5.44. The lowest BCUT2D eigenvalue weighted by molar-refractivity contribution is -0.00878. The second-order valence-electron chi connectivity index (χ2n) is 8.98. The van der Waals surface area contributed by atoms with Crippen molar-refractivity contribution >= 4 is 8.53 Å². The Bertz CT molecular complexity index is 1120. The smallest absolute Gasteiger partial charge is 0.330 e. The van der Waals surface area contributed by atoms with Crippen LogP contribution in [0.4, 0.5) is 0 Å². The van der Waals surface area contributed by atoms with Gasteiger partial charge in [-0.3, -0.25) is 14.3 Å². The van der Waals surface area contributed by atoms with Crippen LogP contribution in [0.15, 0.2) is 15.8 Å². The first kappa shape index (κ1) is 28.1. The number of rotatable bonds is 12. The van der Waals surface area contributed by atoms with E-state index in [2.05, 4.69) is 33.5 Å². The van der Waals surface area contributed by atoms with E-state index in [1.165, 1.54) is 10.8 Å². The minimum atomic E-state index is -1.54. The predicted octanol–water partition coefficient (Wildman–Crippen LogP) is 4.05. The summed E-state index contributed by atoms with van der Waals surface area (Å²) in [6, 6.07) is 2.32. The Morgan fingerprint density at radius 3 is 2.67 bits per heavy atom. The molecule has 0 bridgehead atoms. The number of unbranched alkanes of at least 4 members (excludes halogenated alkanes) is 3. The first-order valence-electron chi connectivity index (χ1n) is 12.9. The molecule has 4 atom stereocenters. The highest BCUT2D eigenvalue weighted by atomic mass is 31.2. The molecule has 10 heteroatoms. The second kappa shape index (κ2) is 15.0. The normalized spacial score (nSPS) is 20.6. The van der Waals surface area contributed by atoms with Crippen LogP contribution >= 0.6 is 8.53 Å². The van der Waals surface area contributed by atoms with Gasteiger partial charge in [0.1, 0.15) is 11.8 Å². The number of nitrogens with zero attached hydrogens (tertiary/aromatic N) is 3. The van der Waals surface area contributed by atoms with E-state index in [-0.39, 0.29) is 37.6 Å². The fourth-order valence-electron chi connectivity index (χ4n) is 3.78. The van der Waals surface area contributed by atoms with Crippen LogP contribution < -0.4 is 11.2 Å². The van der Waals surface area contributed by atoms with Crippen LogP contribution in [0, 0.1) is 35.5 Å². The van der Waals surface area contributed by atoms with Crippen molar-refractivity contribution in [3.8, 4) is 30.3 Å². The van der Waals surface area contributed by atoms with Crippen LogP contribution in [0.5, 0.6) is 0 Å². The molecule has 2 heterocycles. The molecule has 0 amide bonds. The summed E-state index contributed by atoms with van der Waals surface area (Å²) in [6.07, 6.45) is 8.31. The summed E-state index contributed by atoms with van der Waals surface area (Å²) in [4.78, 5) is 27.2. The second-order valence-corrected chi connectivity index (χ2v) is 10.4. The topological polar surface area (TPSA) is 110 Å². The third kappa shape index (κ3) is 8.59. The Hall–Kier alpha value is -2.44. The zero-order valence-electron chi connectivity index (χ0n) is 22.5. The molecule has 1 aromatic rings. The van der Waals surface area contributed by atoms with E-state index in [9.17, 15) is 9.59 Å². The molecule has 1 aliphatic rings. The van der Waals surface area contributed by atoms with Gasteiger partial charge in [0.2, 0.25) is 0 Å². The number of ether oxygens (including phenoxy) is 1. The van der Waals surface area contributed by atoms with Gasteiger partial charge in [0.15, 0.2) is 0 Å². The number of nitriles is 1. The minimum Gasteiger partial charge on any atom is -0.352 e. The molecule has 36 heavy (non-hydrogen) atoms. The summed E-state index contributed by atoms with van der Waals surface area (Å²) in [6.45, 7) is 8.32. The Kier molecular flexibility index (Phi) is 11.7. The number of terminal acetylenes is 1. The Labute approximate surface area is 216 Å². The van der Waals surface area contributed by atoms with E-state index >= 15 is 0 Å². The Morgan fingerprint density at radius 2 is 2.03 bits per heavy atom. The van der Waals surface area contributed by atoms with Gasteiger partial charge < -0.3 is 13.8 Å². The van der Waals surface area contributed by atoms with Gasteiger partial charge in [-0.1, -0.05) is 11.8 Å². The first-order chi connectivity index (χ1) is 17.7. The van der Waals surface area contributed by atoms with Crippen molar-refractivity contribution in [2.45, 2.75) is 104 Å². The zero-order chi connectivity index (χ0) is 27.4. The monoisotopic (exact) mass is 517 g/mol. The maximum Gasteiger partial charge on any atom is 0.330 e. The number of hydrogen-bond donors (Lipinski definition) is 1. The van der Waals surface area contributed by atoms with E-state index in [0.29, 0.717) is 19.3 Å². The fraction of sp³-hybridized carbons (Fsp3) is 0.654. The molecular formula is C26H37N4O5P. The average Bonchev–Trinajstić information content (AvgIpc) is 3.24. The molecule has 0 radical (unpaired) electrons. The molecule has 1 aromatic heterocycles. The first-order valence-corrected chi connectivity index (χ1v) is 13.3. The van der Waals surface area contributed by atoms with Gasteiger partial charge >= 0.3 is 5.69 Å². The van der Waals surface area contributed by atoms with Crippen LogP contribution in [0.2, 0.25) is 0 Å². The average molecular weight is 518 g/mol. The summed E-state index contributed by atoms with van der Waals surface area (Å²) in [5.41, 5.74) is -1.00. The van der Waals surface area contributed by atoms with E-state index in [0.717, 1.165) is 12.8 Å². The van der Waals surface area contributed by atoms with Crippen molar-refractivity contribution in [3.05, 3.63) is 32.6 Å². The molecule has 1 aliphatic heterocycles. The number of nitrogens with one attached hydrogen (secondary N) is 1. The molecule has 9 nitrogen and oxygen atoms in total. The highest BCUT2D eigenvalue weighted by Gasteiger charge is 2.39. The lowest BCUT2D eigenvalue weighted by Gasteiger charge is -2.37. The molecule has 1 N–H and O–H groups in total. The Balaban J connectivity index is 2.24. The number of aromatic nitrogens is 2. The van der Waals surface area contributed by atoms with Gasteiger partial charge in [-0.2, -0.15) is 5.26 Å². The zero-order valence-corrected chi connectivity index (χ0v) is 22.4. The molecule has 0 aliphatic carbocycles. The van der Waals surface area contributed by atoms with Gasteiger partial charge in [-0.15, -0.1) is 12.3 Å². The van der Waals surface area contributed by atoms with Gasteiger partial charge in [0.05, 0.1) is 31.3 Å². The van der Waals surface area contributed by atoms with Crippen molar-refractivity contribution < 1.29 is 15.2 Å². The summed E-state index contributed by atoms with van der Waals surface area (Å²) in [5.74, 6) is 8.38. The predicted molar refractivity (Wildman–Crippen MR) is 140 cm³/mol. The van der Waals surface area contributed by atoms with Crippen LogP contribution in [-0.2, 0) is 13.8 Å². The highest BCUT2D eigenvalue weighted by molar-refractivity contribution is 7.44. The summed E-state index contributed by atoms with van der Waals surface area (Å²) < 4.78 is 29.8. The van der Waals surface area contributed by atoms with Gasteiger partial charge in [-0.05, 0) is 47.4 Å². The van der Waals surface area contributed by atoms with E-state index in [4.69, 9.17) is 26.8 Å². The van der Waals surface area contributed by atoms with Crippen LogP contribution in [0.1, 0.15) is 86.3 Å². The summed E-state index contributed by atoms with van der Waals surface area (Å²) >= 11 is 0. The standard InChI is InChI=1S/C26H37N4O5P/c1-7-8-9-10-11-12-14-22-18-29(26(32)28-25(22)31)24-17-23(21(6)34-24)35-36(33-16-13-15-27)30(19(2)3)20(4)5/h1,18-21,23-24H,8-11,13,16-17H2,2-6H3,(H,28,31,32)/t21-,23-,24-,36?/m1/s1/i6D. The maximum atomic E-state index is 12.6. The molecule has 196 valence electrons. The molecule has 1 unspecified atom stereocenters. The fourth-order valence-corrected chi connectivity index (χ4v) is 5.54. The third-order valence-corrected chi connectivity index (χ3v) is 7.60. The lowest BCUT2D eigenvalue weighted by Crippen LogP contribution is -2.35. The maximum absolute atomic E-state index is 12.6. The summed E-state index contributed by atoms with van der Waals surface area (Å²) in [5, 5.41) is 8.94. The SMILES string of the molecule is [2H]C[C@H]1O[C@@H](n2cc(C#CCCCCC#C)c(=O)[nH]c2=O)C[C@H]1OP(OCCC#N)N(C(C)C)C(C)C. The minimum absolute atomic E-state index is 0.0751. The van der Waals surface area contributed by atoms with Crippen LogP contribution in [-0.4, -0.2) is 45.1 Å². The number of H-pyrrole nitrogens is 1. The van der Waals surface area contributed by atoms with Crippen molar-refractivity contribution in [1.82, 2.24) is 14.2 Å². The lowest BCUT2D eigenvalue weighted by atomic mass is 10.2. The molecule has 0 saturated carbocycles. The molecular weight excluding hydrogens is 479 g/mol. The molecule has 2 rings (SSSR count). The largest absolute Gasteiger partial charge is 0.352 e. The number of hydrogen-bond acceptors (Lipinski definition) is 7. The van der Waals surface area contributed by atoms with Crippen molar-refractivity contribution in [2.24, 2.45) is 0 Å². The van der Waals surface area contributed by atoms with E-state index in [1.807, 2.05) is 27.7 Å². The van der Waals surface area contributed by atoms with Gasteiger partial charge in [0.25, 0.3) is 14.1 Å².